The summed E-state index contributed by atoms with van der Waals surface area (Å²) in [6.07, 6.45) is 0. The molecule has 13 aromatic carbocycles. The van der Waals surface area contributed by atoms with E-state index in [-0.39, 0.29) is 0 Å². The second-order valence-corrected chi connectivity index (χ2v) is 18.4. The van der Waals surface area contributed by atoms with Gasteiger partial charge in [-0.2, -0.15) is 0 Å². The van der Waals surface area contributed by atoms with E-state index >= 15 is 0 Å². The molecule has 2 heteroatoms. The molecule has 2 heterocycles. The van der Waals surface area contributed by atoms with Crippen LogP contribution in [0.1, 0.15) is 0 Å². The van der Waals surface area contributed by atoms with Crippen molar-refractivity contribution in [3.05, 3.63) is 243 Å². The van der Waals surface area contributed by atoms with E-state index in [0.29, 0.717) is 0 Å². The lowest BCUT2D eigenvalue weighted by atomic mass is 9.89. The summed E-state index contributed by atoms with van der Waals surface area (Å²) in [6.45, 7) is 0. The monoisotopic (exact) mass is 860 g/mol. The van der Waals surface area contributed by atoms with E-state index in [1.165, 1.54) is 142 Å². The van der Waals surface area contributed by atoms with E-state index in [1.54, 1.807) is 0 Å². The van der Waals surface area contributed by atoms with Crippen molar-refractivity contribution in [3.8, 4) is 33.6 Å². The summed E-state index contributed by atoms with van der Waals surface area (Å²) in [5.41, 5.74) is 12.0. The summed E-state index contributed by atoms with van der Waals surface area (Å²) >= 11 is 0. The highest BCUT2D eigenvalue weighted by molar-refractivity contribution is 6.29. The molecular formula is C66H40N2. The zero-order valence-corrected chi connectivity index (χ0v) is 37.0. The number of hydrogen-bond donors (Lipinski definition) is 0. The van der Waals surface area contributed by atoms with Crippen LogP contribution in [0.15, 0.2) is 243 Å². The van der Waals surface area contributed by atoms with E-state index in [4.69, 9.17) is 0 Å². The summed E-state index contributed by atoms with van der Waals surface area (Å²) in [7, 11) is 0. The second kappa shape index (κ2) is 14.3. The van der Waals surface area contributed by atoms with Crippen LogP contribution in [-0.2, 0) is 0 Å². The summed E-state index contributed by atoms with van der Waals surface area (Å²) in [5, 5.41) is 20.3. The number of benzene rings is 13. The van der Waals surface area contributed by atoms with Gasteiger partial charge in [-0.15, -0.1) is 0 Å². The molecule has 0 aliphatic rings. The minimum absolute atomic E-state index is 1.17. The molecule has 0 N–H and O–H groups in total. The molecule has 314 valence electrons. The largest absolute Gasteiger partial charge is 0.309 e. The molecule has 68 heavy (non-hydrogen) atoms. The molecule has 0 saturated carbocycles. The lowest BCUT2D eigenvalue weighted by Gasteiger charge is -2.17. The highest BCUT2D eigenvalue weighted by Gasteiger charge is 2.20. The van der Waals surface area contributed by atoms with Crippen molar-refractivity contribution in [1.82, 2.24) is 9.13 Å². The lowest BCUT2D eigenvalue weighted by Crippen LogP contribution is -1.97. The quantitative estimate of drug-likeness (QED) is 0.156. The van der Waals surface area contributed by atoms with Crippen LogP contribution in [0.4, 0.5) is 0 Å². The van der Waals surface area contributed by atoms with Crippen molar-refractivity contribution in [3.63, 3.8) is 0 Å². The number of rotatable bonds is 4. The van der Waals surface area contributed by atoms with Gasteiger partial charge in [-0.3, -0.25) is 0 Å². The van der Waals surface area contributed by atoms with Crippen molar-refractivity contribution in [2.45, 2.75) is 0 Å². The average Bonchev–Trinajstić information content (AvgIpc) is 3.93. The van der Waals surface area contributed by atoms with Gasteiger partial charge in [0.1, 0.15) is 0 Å². The Morgan fingerprint density at radius 3 is 1.07 bits per heavy atom. The normalized spacial score (nSPS) is 12.1. The molecule has 0 radical (unpaired) electrons. The third-order valence-corrected chi connectivity index (χ3v) is 14.9. The van der Waals surface area contributed by atoms with Crippen LogP contribution >= 0.6 is 0 Å². The Balaban J connectivity index is 0.909. The van der Waals surface area contributed by atoms with Crippen LogP contribution < -0.4 is 0 Å². The fraction of sp³-hybridized carbons (Fsp3) is 0. The van der Waals surface area contributed by atoms with Crippen molar-refractivity contribution in [1.29, 1.82) is 0 Å². The molecule has 0 amide bonds. The maximum Gasteiger partial charge on any atom is 0.0547 e. The van der Waals surface area contributed by atoms with Gasteiger partial charge in [0.05, 0.1) is 27.8 Å². The third kappa shape index (κ3) is 5.28. The number of fused-ring (bicyclic) bond motifs is 18. The molecule has 0 aliphatic heterocycles. The minimum atomic E-state index is 1.17. The fourth-order valence-corrected chi connectivity index (χ4v) is 11.9. The Morgan fingerprint density at radius 1 is 0.191 bits per heavy atom. The Bertz CT molecular complexity index is 4540. The van der Waals surface area contributed by atoms with Gasteiger partial charge in [0.25, 0.3) is 0 Å². The van der Waals surface area contributed by atoms with Crippen molar-refractivity contribution in [2.24, 2.45) is 0 Å². The van der Waals surface area contributed by atoms with Gasteiger partial charge in [-0.25, -0.2) is 0 Å². The molecule has 15 rings (SSSR count). The van der Waals surface area contributed by atoms with Crippen LogP contribution in [0.2, 0.25) is 0 Å². The first kappa shape index (κ1) is 37.3. The lowest BCUT2D eigenvalue weighted by molar-refractivity contribution is 1.18. The van der Waals surface area contributed by atoms with E-state index in [9.17, 15) is 0 Å². The second-order valence-electron chi connectivity index (χ2n) is 18.4. The van der Waals surface area contributed by atoms with Gasteiger partial charge in [-0.05, 0) is 148 Å². The number of hydrogen-bond acceptors (Lipinski definition) is 0. The predicted octanol–water partition coefficient (Wildman–Crippen LogP) is 18.1. The zero-order valence-electron chi connectivity index (χ0n) is 37.0. The molecule has 0 bridgehead atoms. The summed E-state index contributed by atoms with van der Waals surface area (Å²) < 4.78 is 4.89. The molecule has 2 aromatic heterocycles. The maximum atomic E-state index is 2.50. The van der Waals surface area contributed by atoms with Crippen LogP contribution in [-0.4, -0.2) is 9.13 Å². The third-order valence-electron chi connectivity index (χ3n) is 14.9. The van der Waals surface area contributed by atoms with E-state index in [0.717, 1.165) is 0 Å². The van der Waals surface area contributed by atoms with Crippen molar-refractivity contribution >= 4 is 108 Å². The molecule has 0 aliphatic carbocycles. The van der Waals surface area contributed by atoms with Crippen LogP contribution in [0, 0.1) is 0 Å². The van der Waals surface area contributed by atoms with Crippen LogP contribution in [0.25, 0.3) is 142 Å². The van der Waals surface area contributed by atoms with E-state index in [2.05, 4.69) is 252 Å². The van der Waals surface area contributed by atoms with E-state index < -0.39 is 0 Å². The first-order valence-corrected chi connectivity index (χ1v) is 23.6. The Hall–Kier alpha value is -8.98. The van der Waals surface area contributed by atoms with Gasteiger partial charge in [0, 0.05) is 32.6 Å². The molecule has 0 saturated heterocycles. The molecule has 0 atom stereocenters. The number of nitrogens with zero attached hydrogens (tertiary/aromatic N) is 2. The molecule has 0 spiro atoms. The maximum absolute atomic E-state index is 2.50. The van der Waals surface area contributed by atoms with Crippen LogP contribution in [0.5, 0.6) is 0 Å². The Kier molecular flexibility index (Phi) is 7.81. The molecular weight excluding hydrogens is 821 g/mol. The van der Waals surface area contributed by atoms with Crippen LogP contribution in [0.3, 0.4) is 0 Å². The predicted molar refractivity (Wildman–Crippen MR) is 291 cm³/mol. The first-order chi connectivity index (χ1) is 33.7. The summed E-state index contributed by atoms with van der Waals surface area (Å²) in [5.74, 6) is 0. The smallest absolute Gasteiger partial charge is 0.0547 e. The Labute approximate surface area is 391 Å². The summed E-state index contributed by atoms with van der Waals surface area (Å²) in [4.78, 5) is 0. The summed E-state index contributed by atoms with van der Waals surface area (Å²) in [6, 6.07) is 90.1. The number of para-hydroxylation sites is 3. The topological polar surface area (TPSA) is 9.86 Å². The fourth-order valence-electron chi connectivity index (χ4n) is 11.9. The highest BCUT2D eigenvalue weighted by Crippen LogP contribution is 2.44. The van der Waals surface area contributed by atoms with Gasteiger partial charge in [0.15, 0.2) is 0 Å². The van der Waals surface area contributed by atoms with Crippen molar-refractivity contribution < 1.29 is 0 Å². The Morgan fingerprint density at radius 2 is 0.529 bits per heavy atom. The molecule has 15 aromatic rings. The molecule has 0 unspecified atom stereocenters. The molecule has 2 nitrogen and oxygen atoms in total. The number of aromatic nitrogens is 2. The van der Waals surface area contributed by atoms with Gasteiger partial charge < -0.3 is 9.13 Å². The van der Waals surface area contributed by atoms with Gasteiger partial charge >= 0.3 is 0 Å². The minimum Gasteiger partial charge on any atom is -0.309 e. The first-order valence-electron chi connectivity index (χ1n) is 23.6. The highest BCUT2D eigenvalue weighted by atomic mass is 15.0. The van der Waals surface area contributed by atoms with Crippen molar-refractivity contribution in [2.75, 3.05) is 0 Å². The SMILES string of the molecule is c1ccc(-n2c3ccccc3c3cc(-c4ccc5c(c4)c4ccccc4n5-c4cccc5c6ccc(-c7ccc8c9ccccc9c9ccccc9c8c7)cc6c6ccccc6c45)ccc32)cc1. The van der Waals surface area contributed by atoms with E-state index in [1.807, 2.05) is 0 Å². The van der Waals surface area contributed by atoms with Gasteiger partial charge in [0.2, 0.25) is 0 Å². The average molecular weight is 861 g/mol. The standard InChI is InChI=1S/C66H40N2/c1-2-15-45(16-3-1)67-61-26-12-10-22-53(61)59-39-43(31-35-63(59)67)44-32-36-64-60(40-44)54-23-11-13-27-62(54)68(64)65-28-14-25-56-52-34-30-42(38-58(52)50-21-8-9-24-55(50)66(56)65)41-29-33-51-48-19-5-4-17-46(48)47-18-6-7-20-49(47)57(51)37-41/h1-40H. The zero-order chi connectivity index (χ0) is 44.5. The molecule has 0 fully saturated rings. The van der Waals surface area contributed by atoms with Gasteiger partial charge in [-0.1, -0.05) is 176 Å².